The van der Waals surface area contributed by atoms with Crippen molar-refractivity contribution >= 4 is 18.7 Å². The number of aliphatic hydroxyl groups is 1. The van der Waals surface area contributed by atoms with Crippen molar-refractivity contribution in [3.05, 3.63) is 60.7 Å². The summed E-state index contributed by atoms with van der Waals surface area (Å²) in [6.07, 6.45) is -1.08. The smallest absolute Gasteiger partial charge is 0.261 e. The molecular formula is C22H28O4Si. The van der Waals surface area contributed by atoms with Crippen molar-refractivity contribution in [3.63, 3.8) is 0 Å². The largest absolute Gasteiger partial charge is 0.402 e. The minimum atomic E-state index is -2.65. The van der Waals surface area contributed by atoms with E-state index >= 15 is 0 Å². The quantitative estimate of drug-likeness (QED) is 0.822. The van der Waals surface area contributed by atoms with Crippen LogP contribution in [-0.4, -0.2) is 45.1 Å². The summed E-state index contributed by atoms with van der Waals surface area (Å²) in [7, 11) is -2.65. The third-order valence-electron chi connectivity index (χ3n) is 5.79. The zero-order valence-corrected chi connectivity index (χ0v) is 17.2. The van der Waals surface area contributed by atoms with E-state index in [1.54, 1.807) is 0 Å². The van der Waals surface area contributed by atoms with Gasteiger partial charge in [-0.1, -0.05) is 81.4 Å². The first-order chi connectivity index (χ1) is 12.9. The van der Waals surface area contributed by atoms with E-state index in [2.05, 4.69) is 69.3 Å². The molecule has 4 atom stereocenters. The molecule has 4 rings (SSSR count). The third-order valence-corrected chi connectivity index (χ3v) is 10.9. The van der Waals surface area contributed by atoms with Gasteiger partial charge in [-0.05, 0) is 15.4 Å². The lowest BCUT2D eigenvalue weighted by Crippen LogP contribution is -2.68. The van der Waals surface area contributed by atoms with Crippen molar-refractivity contribution in [1.82, 2.24) is 0 Å². The van der Waals surface area contributed by atoms with Crippen molar-refractivity contribution in [1.29, 1.82) is 0 Å². The lowest BCUT2D eigenvalue weighted by atomic mass is 10.0. The predicted octanol–water partition coefficient (Wildman–Crippen LogP) is 2.30. The molecule has 2 saturated heterocycles. The molecule has 2 aromatic rings. The molecule has 2 fully saturated rings. The van der Waals surface area contributed by atoms with Crippen LogP contribution in [0.25, 0.3) is 0 Å². The van der Waals surface area contributed by atoms with Crippen molar-refractivity contribution in [2.45, 2.75) is 44.3 Å². The Morgan fingerprint density at radius 2 is 1.41 bits per heavy atom. The van der Waals surface area contributed by atoms with Gasteiger partial charge in [-0.3, -0.25) is 0 Å². The zero-order valence-electron chi connectivity index (χ0n) is 16.2. The number of benzene rings is 2. The SMILES string of the molecule is CC(C)(C)[Si](O[C@H]1CO[C@H]2OC[C@H](O)[C@H]21)(c1ccccc1)c1ccccc1. The minimum absolute atomic E-state index is 0.0990. The van der Waals surface area contributed by atoms with Crippen molar-refractivity contribution in [3.8, 4) is 0 Å². The lowest BCUT2D eigenvalue weighted by molar-refractivity contribution is -0.0910. The van der Waals surface area contributed by atoms with E-state index in [0.29, 0.717) is 13.2 Å². The average molecular weight is 385 g/mol. The normalized spacial score (nSPS) is 28.3. The summed E-state index contributed by atoms with van der Waals surface area (Å²) in [5.74, 6) is -0.133. The van der Waals surface area contributed by atoms with Gasteiger partial charge >= 0.3 is 0 Å². The number of hydrogen-bond donors (Lipinski definition) is 1. The summed E-state index contributed by atoms with van der Waals surface area (Å²) < 4.78 is 18.5. The van der Waals surface area contributed by atoms with E-state index in [4.69, 9.17) is 13.9 Å². The molecule has 1 N–H and O–H groups in total. The summed E-state index contributed by atoms with van der Waals surface area (Å²) in [4.78, 5) is 0. The topological polar surface area (TPSA) is 47.9 Å². The highest BCUT2D eigenvalue weighted by Gasteiger charge is 2.56. The van der Waals surface area contributed by atoms with Crippen molar-refractivity contribution in [2.75, 3.05) is 13.2 Å². The highest BCUT2D eigenvalue weighted by Crippen LogP contribution is 2.41. The van der Waals surface area contributed by atoms with Gasteiger partial charge in [-0.25, -0.2) is 0 Å². The van der Waals surface area contributed by atoms with Gasteiger partial charge in [0.2, 0.25) is 0 Å². The van der Waals surface area contributed by atoms with Crippen LogP contribution in [0, 0.1) is 5.92 Å². The van der Waals surface area contributed by atoms with Crippen LogP contribution in [0.2, 0.25) is 5.04 Å². The summed E-state index contributed by atoms with van der Waals surface area (Å²) >= 11 is 0. The molecule has 0 amide bonds. The van der Waals surface area contributed by atoms with Gasteiger partial charge in [0.05, 0.1) is 31.3 Å². The van der Waals surface area contributed by atoms with Crippen LogP contribution in [0.15, 0.2) is 60.7 Å². The Balaban J connectivity index is 1.83. The molecule has 0 bridgehead atoms. The molecule has 2 aliphatic rings. The maximum absolute atomic E-state index is 10.4. The fraction of sp³-hybridized carbons (Fsp3) is 0.455. The van der Waals surface area contributed by atoms with Gasteiger partial charge < -0.3 is 19.0 Å². The van der Waals surface area contributed by atoms with Gasteiger partial charge in [0.1, 0.15) is 0 Å². The molecule has 2 aromatic carbocycles. The number of ether oxygens (including phenoxy) is 2. The van der Waals surface area contributed by atoms with Crippen LogP contribution >= 0.6 is 0 Å². The summed E-state index contributed by atoms with van der Waals surface area (Å²) in [5, 5.41) is 12.8. The molecule has 2 aliphatic heterocycles. The zero-order chi connectivity index (χ0) is 19.1. The second-order valence-electron chi connectivity index (χ2n) is 8.50. The van der Waals surface area contributed by atoms with Crippen molar-refractivity contribution < 1.29 is 19.0 Å². The van der Waals surface area contributed by atoms with Crippen molar-refractivity contribution in [2.24, 2.45) is 5.92 Å². The fourth-order valence-corrected chi connectivity index (χ4v) is 9.21. The first-order valence-corrected chi connectivity index (χ1v) is 11.5. The predicted molar refractivity (Wildman–Crippen MR) is 108 cm³/mol. The van der Waals surface area contributed by atoms with E-state index in [-0.39, 0.29) is 23.4 Å². The van der Waals surface area contributed by atoms with Gasteiger partial charge in [0.15, 0.2) is 6.29 Å². The van der Waals surface area contributed by atoms with Gasteiger partial charge in [-0.15, -0.1) is 0 Å². The van der Waals surface area contributed by atoms with Crippen LogP contribution in [-0.2, 0) is 13.9 Å². The van der Waals surface area contributed by atoms with E-state index in [9.17, 15) is 5.11 Å². The van der Waals surface area contributed by atoms with E-state index in [1.165, 1.54) is 10.4 Å². The Hall–Kier alpha value is -1.50. The Kier molecular flexibility index (Phi) is 4.99. The number of rotatable bonds is 4. The van der Waals surface area contributed by atoms with Crippen LogP contribution in [0.4, 0.5) is 0 Å². The van der Waals surface area contributed by atoms with E-state index in [0.717, 1.165) is 0 Å². The van der Waals surface area contributed by atoms with Gasteiger partial charge in [0.25, 0.3) is 8.32 Å². The first-order valence-electron chi connectivity index (χ1n) is 9.63. The van der Waals surface area contributed by atoms with E-state index < -0.39 is 14.4 Å². The standard InChI is InChI=1S/C22H28O4Si/c1-22(2,3)27(16-10-6-4-7-11-16,17-12-8-5-9-13-17)26-19-15-25-21-20(19)18(23)14-24-21/h4-13,18-21,23H,14-15H2,1-3H3/t18-,19-,20-,21+/m0/s1. The summed E-state index contributed by atoms with van der Waals surface area (Å²) in [5.41, 5.74) is 0. The van der Waals surface area contributed by atoms with Crippen LogP contribution in [0.1, 0.15) is 20.8 Å². The summed E-state index contributed by atoms with van der Waals surface area (Å²) in [6, 6.07) is 21.1. The molecule has 0 unspecified atom stereocenters. The maximum Gasteiger partial charge on any atom is 0.261 e. The Bertz CT molecular complexity index is 719. The van der Waals surface area contributed by atoms with Crippen LogP contribution in [0.5, 0.6) is 0 Å². The third kappa shape index (κ3) is 3.17. The number of aliphatic hydroxyl groups excluding tert-OH is 1. The second-order valence-corrected chi connectivity index (χ2v) is 12.8. The molecule has 4 nitrogen and oxygen atoms in total. The number of hydrogen-bond acceptors (Lipinski definition) is 4. The lowest BCUT2D eigenvalue weighted by Gasteiger charge is -2.45. The summed E-state index contributed by atoms with van der Waals surface area (Å²) in [6.45, 7) is 7.54. The molecule has 0 spiro atoms. The minimum Gasteiger partial charge on any atom is -0.402 e. The van der Waals surface area contributed by atoms with Crippen LogP contribution in [0.3, 0.4) is 0 Å². The molecule has 0 aromatic heterocycles. The second kappa shape index (κ2) is 7.15. The molecule has 2 heterocycles. The molecule has 0 aliphatic carbocycles. The Morgan fingerprint density at radius 3 is 1.93 bits per heavy atom. The Morgan fingerprint density at radius 1 is 0.889 bits per heavy atom. The molecular weight excluding hydrogens is 356 g/mol. The fourth-order valence-electron chi connectivity index (χ4n) is 4.51. The molecule has 0 saturated carbocycles. The highest BCUT2D eigenvalue weighted by atomic mass is 28.4. The molecule has 5 heteroatoms. The first kappa shape index (κ1) is 18.8. The monoisotopic (exact) mass is 384 g/mol. The Labute approximate surface area is 162 Å². The van der Waals surface area contributed by atoms with Gasteiger partial charge in [-0.2, -0.15) is 0 Å². The molecule has 27 heavy (non-hydrogen) atoms. The average Bonchev–Trinajstić information content (AvgIpc) is 3.23. The molecule has 144 valence electrons. The maximum atomic E-state index is 10.4. The van der Waals surface area contributed by atoms with E-state index in [1.807, 2.05) is 12.1 Å². The number of fused-ring (bicyclic) bond motifs is 1. The highest BCUT2D eigenvalue weighted by molar-refractivity contribution is 6.99. The van der Waals surface area contributed by atoms with Gasteiger partial charge in [0, 0.05) is 0 Å². The van der Waals surface area contributed by atoms with Crippen LogP contribution < -0.4 is 10.4 Å². The molecule has 0 radical (unpaired) electrons.